The Labute approximate surface area is 163 Å². The first-order chi connectivity index (χ1) is 13.5. The molecule has 0 aliphatic carbocycles. The highest BCUT2D eigenvalue weighted by molar-refractivity contribution is 5.87. The Morgan fingerprint density at radius 2 is 1.82 bits per heavy atom. The van der Waals surface area contributed by atoms with Crippen LogP contribution in [0, 0.1) is 5.82 Å². The molecule has 1 unspecified atom stereocenters. The minimum Gasteiger partial charge on any atom is -0.351 e. The normalized spacial score (nSPS) is 15.7. The van der Waals surface area contributed by atoms with Gasteiger partial charge < -0.3 is 15.5 Å². The van der Waals surface area contributed by atoms with Crippen LogP contribution in [0.3, 0.4) is 0 Å². The number of rotatable bonds is 6. The standard InChI is InChI=1S/C20H24FN5O2/c1-14(27)24-18(13-15-3-5-16(21)6-4-15)19(28)25-17-7-11-26(12-8-17)20-22-9-2-10-23-20/h2-6,9-10,17-18H,7-8,11-13H2,1H3,(H,24,27)(H,25,28). The molecule has 1 atom stereocenters. The summed E-state index contributed by atoms with van der Waals surface area (Å²) in [5.41, 5.74) is 0.784. The zero-order valence-corrected chi connectivity index (χ0v) is 15.8. The lowest BCUT2D eigenvalue weighted by Gasteiger charge is -2.33. The maximum absolute atomic E-state index is 13.1. The van der Waals surface area contributed by atoms with E-state index in [1.54, 1.807) is 30.6 Å². The van der Waals surface area contributed by atoms with Crippen molar-refractivity contribution in [1.29, 1.82) is 0 Å². The molecule has 148 valence electrons. The van der Waals surface area contributed by atoms with Gasteiger partial charge in [0.25, 0.3) is 0 Å². The molecular weight excluding hydrogens is 361 g/mol. The number of nitrogens with one attached hydrogen (secondary N) is 2. The fourth-order valence-electron chi connectivity index (χ4n) is 3.29. The number of carbonyl (C=O) groups is 2. The molecule has 1 aliphatic heterocycles. The number of hydrogen-bond donors (Lipinski definition) is 2. The Hall–Kier alpha value is -3.03. The van der Waals surface area contributed by atoms with Gasteiger partial charge in [-0.2, -0.15) is 0 Å². The van der Waals surface area contributed by atoms with Gasteiger partial charge in [0, 0.05) is 44.9 Å². The van der Waals surface area contributed by atoms with Gasteiger partial charge in [0.2, 0.25) is 17.8 Å². The molecule has 3 rings (SSSR count). The van der Waals surface area contributed by atoms with E-state index in [1.165, 1.54) is 19.1 Å². The summed E-state index contributed by atoms with van der Waals surface area (Å²) in [6.07, 6.45) is 5.27. The van der Waals surface area contributed by atoms with E-state index in [1.807, 2.05) is 0 Å². The van der Waals surface area contributed by atoms with E-state index in [0.29, 0.717) is 12.4 Å². The monoisotopic (exact) mass is 385 g/mol. The Kier molecular flexibility index (Phi) is 6.52. The van der Waals surface area contributed by atoms with Crippen molar-refractivity contribution < 1.29 is 14.0 Å². The molecule has 28 heavy (non-hydrogen) atoms. The summed E-state index contributed by atoms with van der Waals surface area (Å²) in [5.74, 6) is -0.148. The van der Waals surface area contributed by atoms with Crippen molar-refractivity contribution in [3.05, 3.63) is 54.1 Å². The largest absolute Gasteiger partial charge is 0.351 e. The van der Waals surface area contributed by atoms with Crippen LogP contribution in [0.5, 0.6) is 0 Å². The zero-order valence-electron chi connectivity index (χ0n) is 15.8. The number of amides is 2. The first kappa shape index (κ1) is 19.7. The van der Waals surface area contributed by atoms with Gasteiger partial charge in [-0.05, 0) is 36.6 Å². The first-order valence-corrected chi connectivity index (χ1v) is 9.35. The van der Waals surface area contributed by atoms with Crippen LogP contribution >= 0.6 is 0 Å². The molecule has 1 aromatic heterocycles. The van der Waals surface area contributed by atoms with E-state index in [-0.39, 0.29) is 23.7 Å². The third-order valence-corrected chi connectivity index (χ3v) is 4.72. The molecule has 0 spiro atoms. The van der Waals surface area contributed by atoms with E-state index >= 15 is 0 Å². The van der Waals surface area contributed by atoms with Crippen LogP contribution in [0.25, 0.3) is 0 Å². The Balaban J connectivity index is 1.56. The second kappa shape index (κ2) is 9.25. The Morgan fingerprint density at radius 3 is 2.43 bits per heavy atom. The maximum Gasteiger partial charge on any atom is 0.243 e. The van der Waals surface area contributed by atoms with E-state index in [0.717, 1.165) is 31.5 Å². The number of piperidine rings is 1. The predicted molar refractivity (Wildman–Crippen MR) is 103 cm³/mol. The number of benzene rings is 1. The van der Waals surface area contributed by atoms with E-state index in [4.69, 9.17) is 0 Å². The molecule has 2 amide bonds. The smallest absolute Gasteiger partial charge is 0.243 e. The molecule has 2 heterocycles. The van der Waals surface area contributed by atoms with Crippen molar-refractivity contribution in [2.24, 2.45) is 0 Å². The minimum absolute atomic E-state index is 0.0249. The highest BCUT2D eigenvalue weighted by atomic mass is 19.1. The van der Waals surface area contributed by atoms with Crippen LogP contribution in [0.2, 0.25) is 0 Å². The number of carbonyl (C=O) groups excluding carboxylic acids is 2. The van der Waals surface area contributed by atoms with Crippen LogP contribution in [-0.4, -0.2) is 47.0 Å². The molecule has 1 saturated heterocycles. The molecule has 0 saturated carbocycles. The molecule has 0 bridgehead atoms. The average Bonchev–Trinajstić information content (AvgIpc) is 2.70. The molecule has 8 heteroatoms. The van der Waals surface area contributed by atoms with E-state index < -0.39 is 6.04 Å². The quantitative estimate of drug-likeness (QED) is 0.786. The van der Waals surface area contributed by atoms with Crippen molar-refractivity contribution in [3.8, 4) is 0 Å². The highest BCUT2D eigenvalue weighted by Gasteiger charge is 2.26. The molecule has 1 fully saturated rings. The molecule has 2 aromatic rings. The molecule has 0 radical (unpaired) electrons. The van der Waals surface area contributed by atoms with Crippen LogP contribution in [-0.2, 0) is 16.0 Å². The molecule has 1 aliphatic rings. The second-order valence-corrected chi connectivity index (χ2v) is 6.90. The van der Waals surface area contributed by atoms with Gasteiger partial charge in [-0.15, -0.1) is 0 Å². The SMILES string of the molecule is CC(=O)NC(Cc1ccc(F)cc1)C(=O)NC1CCN(c2ncccn2)CC1. The molecule has 7 nitrogen and oxygen atoms in total. The van der Waals surface area contributed by atoms with Crippen molar-refractivity contribution >= 4 is 17.8 Å². The van der Waals surface area contributed by atoms with Crippen LogP contribution in [0.4, 0.5) is 10.3 Å². The third-order valence-electron chi connectivity index (χ3n) is 4.72. The fourth-order valence-corrected chi connectivity index (χ4v) is 3.29. The summed E-state index contributed by atoms with van der Waals surface area (Å²) in [7, 11) is 0. The summed E-state index contributed by atoms with van der Waals surface area (Å²) in [4.78, 5) is 34.9. The van der Waals surface area contributed by atoms with Crippen molar-refractivity contribution in [1.82, 2.24) is 20.6 Å². The minimum atomic E-state index is -0.696. The van der Waals surface area contributed by atoms with E-state index in [2.05, 4.69) is 25.5 Å². The average molecular weight is 385 g/mol. The van der Waals surface area contributed by atoms with Gasteiger partial charge in [0.05, 0.1) is 0 Å². The third kappa shape index (κ3) is 5.48. The summed E-state index contributed by atoms with van der Waals surface area (Å²) >= 11 is 0. The van der Waals surface area contributed by atoms with Crippen molar-refractivity contribution in [2.45, 2.75) is 38.3 Å². The van der Waals surface area contributed by atoms with Gasteiger partial charge in [-0.1, -0.05) is 12.1 Å². The van der Waals surface area contributed by atoms with Gasteiger partial charge >= 0.3 is 0 Å². The summed E-state index contributed by atoms with van der Waals surface area (Å²) in [6, 6.07) is 7.04. The highest BCUT2D eigenvalue weighted by Crippen LogP contribution is 2.15. The van der Waals surface area contributed by atoms with Crippen LogP contribution in [0.1, 0.15) is 25.3 Å². The molecule has 1 aromatic carbocycles. The predicted octanol–water partition coefficient (Wildman–Crippen LogP) is 1.45. The van der Waals surface area contributed by atoms with Crippen LogP contribution in [0.15, 0.2) is 42.7 Å². The number of nitrogens with zero attached hydrogens (tertiary/aromatic N) is 3. The number of hydrogen-bond acceptors (Lipinski definition) is 5. The van der Waals surface area contributed by atoms with Gasteiger partial charge in [-0.25, -0.2) is 14.4 Å². The maximum atomic E-state index is 13.1. The van der Waals surface area contributed by atoms with Crippen molar-refractivity contribution in [3.63, 3.8) is 0 Å². The molecular formula is C20H24FN5O2. The summed E-state index contributed by atoms with van der Waals surface area (Å²) in [6.45, 7) is 2.87. The lowest BCUT2D eigenvalue weighted by molar-refractivity contribution is -0.128. The topological polar surface area (TPSA) is 87.2 Å². The number of aromatic nitrogens is 2. The zero-order chi connectivity index (χ0) is 19.9. The van der Waals surface area contributed by atoms with Crippen molar-refractivity contribution in [2.75, 3.05) is 18.0 Å². The number of anilines is 1. The van der Waals surface area contributed by atoms with Gasteiger partial charge in [0.15, 0.2) is 0 Å². The lowest BCUT2D eigenvalue weighted by atomic mass is 10.0. The van der Waals surface area contributed by atoms with Gasteiger partial charge in [-0.3, -0.25) is 9.59 Å². The first-order valence-electron chi connectivity index (χ1n) is 9.35. The van der Waals surface area contributed by atoms with E-state index in [9.17, 15) is 14.0 Å². The van der Waals surface area contributed by atoms with Gasteiger partial charge in [0.1, 0.15) is 11.9 Å². The number of halogens is 1. The summed E-state index contributed by atoms with van der Waals surface area (Å²) in [5, 5.41) is 5.72. The van der Waals surface area contributed by atoms with Crippen LogP contribution < -0.4 is 15.5 Å². The molecule has 2 N–H and O–H groups in total. The second-order valence-electron chi connectivity index (χ2n) is 6.90. The fraction of sp³-hybridized carbons (Fsp3) is 0.400. The Bertz CT molecular complexity index is 792. The Morgan fingerprint density at radius 1 is 1.18 bits per heavy atom. The lowest BCUT2D eigenvalue weighted by Crippen LogP contribution is -2.52. The summed E-state index contributed by atoms with van der Waals surface area (Å²) < 4.78 is 13.1.